The van der Waals surface area contributed by atoms with Crippen molar-refractivity contribution in [3.05, 3.63) is 91.6 Å². The Bertz CT molecular complexity index is 1330. The van der Waals surface area contributed by atoms with Crippen LogP contribution >= 0.6 is 31.9 Å². The second-order valence-electron chi connectivity index (χ2n) is 7.99. The molecule has 0 aliphatic rings. The minimum atomic E-state index is -0.357. The zero-order valence-electron chi connectivity index (χ0n) is 16.8. The Hall–Kier alpha value is -2.51. The number of hydrogen-bond acceptors (Lipinski definition) is 3. The van der Waals surface area contributed by atoms with E-state index in [-0.39, 0.29) is 11.0 Å². The number of benzene rings is 2. The highest BCUT2D eigenvalue weighted by molar-refractivity contribution is 9.10. The van der Waals surface area contributed by atoms with Crippen molar-refractivity contribution in [3.63, 3.8) is 0 Å². The SMILES string of the molecule is CC(C)(C)c1nc2ccc(Br)cc2c(=O)n1N=Cc1cccn1-c1cccc(Br)c1. The molecule has 0 atom stereocenters. The molecule has 0 N–H and O–H groups in total. The summed E-state index contributed by atoms with van der Waals surface area (Å²) in [5, 5.41) is 5.10. The first-order chi connectivity index (χ1) is 14.2. The van der Waals surface area contributed by atoms with Gasteiger partial charge in [0.2, 0.25) is 0 Å². The average Bonchev–Trinajstić information content (AvgIpc) is 3.15. The Kier molecular flexibility index (Phi) is 5.51. The summed E-state index contributed by atoms with van der Waals surface area (Å²) in [6.07, 6.45) is 3.66. The standard InChI is InChI=1S/C23H20Br2N4O/c1-23(2,3)22-27-20-10-9-16(25)13-19(20)21(30)29(22)26-14-18-8-5-11-28(18)17-7-4-6-15(24)12-17/h4-14H,1-3H3. The largest absolute Gasteiger partial charge is 0.316 e. The lowest BCUT2D eigenvalue weighted by Crippen LogP contribution is -2.29. The fourth-order valence-electron chi connectivity index (χ4n) is 3.22. The van der Waals surface area contributed by atoms with Gasteiger partial charge in [-0.25, -0.2) is 4.98 Å². The van der Waals surface area contributed by atoms with Crippen LogP contribution in [0.15, 0.2) is 79.6 Å². The number of hydrogen-bond donors (Lipinski definition) is 0. The van der Waals surface area contributed by atoms with E-state index in [1.807, 2.05) is 80.1 Å². The Morgan fingerprint density at radius 2 is 1.77 bits per heavy atom. The molecule has 7 heteroatoms. The number of halogens is 2. The third kappa shape index (κ3) is 4.04. The van der Waals surface area contributed by atoms with E-state index in [1.165, 1.54) is 4.68 Å². The summed E-state index contributed by atoms with van der Waals surface area (Å²) in [6, 6.07) is 17.4. The Morgan fingerprint density at radius 1 is 1.00 bits per heavy atom. The van der Waals surface area contributed by atoms with Crippen LogP contribution in [0.25, 0.3) is 16.6 Å². The maximum Gasteiger partial charge on any atom is 0.282 e. The fourth-order valence-corrected chi connectivity index (χ4v) is 3.97. The van der Waals surface area contributed by atoms with E-state index < -0.39 is 0 Å². The predicted octanol–water partition coefficient (Wildman–Crippen LogP) is 5.89. The molecule has 0 aliphatic heterocycles. The summed E-state index contributed by atoms with van der Waals surface area (Å²) >= 11 is 6.95. The van der Waals surface area contributed by atoms with Gasteiger partial charge in [0.1, 0.15) is 5.82 Å². The van der Waals surface area contributed by atoms with E-state index in [2.05, 4.69) is 37.0 Å². The van der Waals surface area contributed by atoms with Crippen LogP contribution in [0.5, 0.6) is 0 Å². The van der Waals surface area contributed by atoms with E-state index >= 15 is 0 Å². The molecule has 0 radical (unpaired) electrons. The minimum Gasteiger partial charge on any atom is -0.316 e. The van der Waals surface area contributed by atoms with Gasteiger partial charge in [0.05, 0.1) is 22.8 Å². The molecule has 0 saturated heterocycles. The van der Waals surface area contributed by atoms with Gasteiger partial charge < -0.3 is 4.57 Å². The zero-order valence-corrected chi connectivity index (χ0v) is 20.0. The fraction of sp³-hybridized carbons (Fsp3) is 0.174. The van der Waals surface area contributed by atoms with Crippen molar-refractivity contribution >= 4 is 49.0 Å². The summed E-state index contributed by atoms with van der Waals surface area (Å²) in [5.74, 6) is 0.610. The summed E-state index contributed by atoms with van der Waals surface area (Å²) < 4.78 is 5.25. The van der Waals surface area contributed by atoms with E-state index in [0.717, 1.165) is 20.3 Å². The van der Waals surface area contributed by atoms with Crippen molar-refractivity contribution in [2.24, 2.45) is 5.10 Å². The highest BCUT2D eigenvalue weighted by Gasteiger charge is 2.23. The molecule has 30 heavy (non-hydrogen) atoms. The van der Waals surface area contributed by atoms with E-state index in [1.54, 1.807) is 12.3 Å². The van der Waals surface area contributed by atoms with Crippen LogP contribution in [0.1, 0.15) is 32.3 Å². The van der Waals surface area contributed by atoms with Crippen molar-refractivity contribution in [2.75, 3.05) is 0 Å². The Labute approximate surface area is 191 Å². The molecule has 0 fully saturated rings. The number of fused-ring (bicyclic) bond motifs is 1. The molecule has 0 saturated carbocycles. The van der Waals surface area contributed by atoms with Crippen molar-refractivity contribution in [3.8, 4) is 5.69 Å². The van der Waals surface area contributed by atoms with Gasteiger partial charge in [-0.05, 0) is 48.5 Å². The van der Waals surface area contributed by atoms with Crippen molar-refractivity contribution < 1.29 is 0 Å². The van der Waals surface area contributed by atoms with Crippen molar-refractivity contribution in [1.29, 1.82) is 0 Å². The lowest BCUT2D eigenvalue weighted by atomic mass is 9.95. The summed E-state index contributed by atoms with van der Waals surface area (Å²) in [4.78, 5) is 18.0. The topological polar surface area (TPSA) is 52.2 Å². The smallest absolute Gasteiger partial charge is 0.282 e. The van der Waals surface area contributed by atoms with Crippen molar-refractivity contribution in [1.82, 2.24) is 14.2 Å². The molecule has 4 aromatic rings. The highest BCUT2D eigenvalue weighted by Crippen LogP contribution is 2.23. The van der Waals surface area contributed by atoms with Gasteiger partial charge in [-0.3, -0.25) is 4.79 Å². The van der Waals surface area contributed by atoms with E-state index in [0.29, 0.717) is 16.7 Å². The van der Waals surface area contributed by atoms with E-state index in [4.69, 9.17) is 4.98 Å². The summed E-state index contributed by atoms with van der Waals surface area (Å²) in [5.41, 5.74) is 1.97. The Morgan fingerprint density at radius 3 is 2.50 bits per heavy atom. The number of nitrogens with zero attached hydrogens (tertiary/aromatic N) is 4. The predicted molar refractivity (Wildman–Crippen MR) is 129 cm³/mol. The maximum atomic E-state index is 13.3. The lowest BCUT2D eigenvalue weighted by Gasteiger charge is -2.21. The monoisotopic (exact) mass is 526 g/mol. The first-order valence-corrected chi connectivity index (χ1v) is 11.0. The first-order valence-electron chi connectivity index (χ1n) is 9.44. The van der Waals surface area contributed by atoms with Crippen LogP contribution in [0.4, 0.5) is 0 Å². The quantitative estimate of drug-likeness (QED) is 0.312. The molecular weight excluding hydrogens is 508 g/mol. The normalized spacial score (nSPS) is 12.2. The zero-order chi connectivity index (χ0) is 21.5. The van der Waals surface area contributed by atoms with Crippen LogP contribution in [-0.4, -0.2) is 20.4 Å². The van der Waals surface area contributed by atoms with Crippen LogP contribution in [0.2, 0.25) is 0 Å². The molecule has 5 nitrogen and oxygen atoms in total. The number of rotatable bonds is 3. The molecule has 0 aliphatic carbocycles. The van der Waals surface area contributed by atoms with Gasteiger partial charge in [-0.15, -0.1) is 0 Å². The van der Waals surface area contributed by atoms with Gasteiger partial charge in [0.25, 0.3) is 5.56 Å². The van der Waals surface area contributed by atoms with Crippen LogP contribution < -0.4 is 5.56 Å². The van der Waals surface area contributed by atoms with Gasteiger partial charge in [-0.1, -0.05) is 58.7 Å². The molecule has 0 unspecified atom stereocenters. The van der Waals surface area contributed by atoms with Crippen LogP contribution in [0.3, 0.4) is 0 Å². The van der Waals surface area contributed by atoms with Gasteiger partial charge in [-0.2, -0.15) is 9.78 Å². The summed E-state index contributed by atoms with van der Waals surface area (Å²) in [6.45, 7) is 6.07. The molecule has 0 amide bonds. The molecular formula is C23H20Br2N4O. The minimum absolute atomic E-state index is 0.192. The molecule has 0 bridgehead atoms. The van der Waals surface area contributed by atoms with Gasteiger partial charge >= 0.3 is 0 Å². The number of aromatic nitrogens is 3. The lowest BCUT2D eigenvalue weighted by molar-refractivity contribution is 0.506. The summed E-state index contributed by atoms with van der Waals surface area (Å²) in [7, 11) is 0. The molecule has 2 aromatic carbocycles. The maximum absolute atomic E-state index is 13.3. The average molecular weight is 528 g/mol. The molecule has 152 valence electrons. The third-order valence-electron chi connectivity index (χ3n) is 4.65. The molecule has 0 spiro atoms. The first kappa shape index (κ1) is 20.8. The highest BCUT2D eigenvalue weighted by atomic mass is 79.9. The van der Waals surface area contributed by atoms with Crippen LogP contribution in [0, 0.1) is 0 Å². The molecule has 4 rings (SSSR count). The third-order valence-corrected chi connectivity index (χ3v) is 5.64. The van der Waals surface area contributed by atoms with Crippen LogP contribution in [-0.2, 0) is 5.41 Å². The molecule has 2 heterocycles. The second-order valence-corrected chi connectivity index (χ2v) is 9.82. The second kappa shape index (κ2) is 7.96. The van der Waals surface area contributed by atoms with Gasteiger partial charge in [0.15, 0.2) is 0 Å². The molecule has 2 aromatic heterocycles. The van der Waals surface area contributed by atoms with Gasteiger partial charge in [0, 0.05) is 26.2 Å². The van der Waals surface area contributed by atoms with Crippen molar-refractivity contribution in [2.45, 2.75) is 26.2 Å². The Balaban J connectivity index is 1.87. The van der Waals surface area contributed by atoms with E-state index in [9.17, 15) is 4.79 Å².